The number of urea groups is 1. The second-order valence-corrected chi connectivity index (χ2v) is 6.07. The lowest BCUT2D eigenvalue weighted by Crippen LogP contribution is -2.42. The maximum absolute atomic E-state index is 12.9. The van der Waals surface area contributed by atoms with Gasteiger partial charge in [-0.1, -0.05) is 12.1 Å². The summed E-state index contributed by atoms with van der Waals surface area (Å²) in [6.45, 7) is 2.27. The highest BCUT2D eigenvalue weighted by atomic mass is 19.1. The highest BCUT2D eigenvalue weighted by Gasteiger charge is 2.21. The first-order valence-electron chi connectivity index (χ1n) is 8.18. The fraction of sp³-hybridized carbons (Fsp3) is 0.588. The fourth-order valence-electron chi connectivity index (χ4n) is 2.98. The van der Waals surface area contributed by atoms with Crippen molar-refractivity contribution in [2.24, 2.45) is 0 Å². The van der Waals surface area contributed by atoms with Gasteiger partial charge in [0.1, 0.15) is 5.82 Å². The van der Waals surface area contributed by atoms with Crippen LogP contribution in [0.5, 0.6) is 0 Å². The van der Waals surface area contributed by atoms with E-state index in [2.05, 4.69) is 17.3 Å². The van der Waals surface area contributed by atoms with Gasteiger partial charge in [-0.2, -0.15) is 0 Å². The Balaban J connectivity index is 1.81. The van der Waals surface area contributed by atoms with E-state index in [0.717, 1.165) is 18.5 Å². The molecule has 0 spiro atoms. The van der Waals surface area contributed by atoms with E-state index in [0.29, 0.717) is 19.1 Å². The highest BCUT2D eigenvalue weighted by Crippen LogP contribution is 2.17. The number of carbonyl (C=O) groups excluding carboxylic acids is 1. The maximum atomic E-state index is 12.9. The van der Waals surface area contributed by atoms with Gasteiger partial charge in [0.15, 0.2) is 0 Å². The zero-order chi connectivity index (χ0) is 16.7. The van der Waals surface area contributed by atoms with E-state index < -0.39 is 0 Å². The lowest BCUT2D eigenvalue weighted by atomic mass is 10.1. The second-order valence-electron chi connectivity index (χ2n) is 6.07. The molecule has 1 saturated heterocycles. The SMILES string of the molecule is CN1CCC[C@@H]1CCNC(=O)N(CCO)Cc1ccc(F)cc1. The van der Waals surface area contributed by atoms with Crippen LogP contribution < -0.4 is 5.32 Å². The van der Waals surface area contributed by atoms with Crippen LogP contribution in [0.15, 0.2) is 24.3 Å². The molecule has 23 heavy (non-hydrogen) atoms. The van der Waals surface area contributed by atoms with E-state index in [9.17, 15) is 9.18 Å². The van der Waals surface area contributed by atoms with Crippen LogP contribution in [-0.4, -0.2) is 60.3 Å². The zero-order valence-electron chi connectivity index (χ0n) is 13.7. The molecular weight excluding hydrogens is 297 g/mol. The van der Waals surface area contributed by atoms with Crippen LogP contribution in [0, 0.1) is 5.82 Å². The number of hydrogen-bond acceptors (Lipinski definition) is 3. The van der Waals surface area contributed by atoms with Crippen molar-refractivity contribution < 1.29 is 14.3 Å². The van der Waals surface area contributed by atoms with Crippen molar-refractivity contribution in [1.29, 1.82) is 0 Å². The number of halogens is 1. The molecular formula is C17H26FN3O2. The van der Waals surface area contributed by atoms with Gasteiger partial charge in [0.25, 0.3) is 0 Å². The van der Waals surface area contributed by atoms with Crippen molar-refractivity contribution in [1.82, 2.24) is 15.1 Å². The van der Waals surface area contributed by atoms with E-state index in [1.54, 1.807) is 17.0 Å². The monoisotopic (exact) mass is 323 g/mol. The summed E-state index contributed by atoms with van der Waals surface area (Å²) in [7, 11) is 2.12. The van der Waals surface area contributed by atoms with Gasteiger partial charge in [-0.15, -0.1) is 0 Å². The van der Waals surface area contributed by atoms with Crippen molar-refractivity contribution in [3.63, 3.8) is 0 Å². The number of likely N-dealkylation sites (tertiary alicyclic amines) is 1. The molecule has 1 fully saturated rings. The minimum Gasteiger partial charge on any atom is -0.395 e. The number of aliphatic hydroxyl groups is 1. The molecule has 0 saturated carbocycles. The molecule has 0 radical (unpaired) electrons. The third-order valence-corrected chi connectivity index (χ3v) is 4.37. The molecule has 128 valence electrons. The first kappa shape index (κ1) is 17.7. The van der Waals surface area contributed by atoms with E-state index >= 15 is 0 Å². The molecule has 6 heteroatoms. The predicted octanol–water partition coefficient (Wildman–Crippen LogP) is 1.81. The molecule has 2 amide bonds. The van der Waals surface area contributed by atoms with Gasteiger partial charge in [0.05, 0.1) is 6.61 Å². The van der Waals surface area contributed by atoms with Crippen molar-refractivity contribution in [2.45, 2.75) is 31.8 Å². The first-order valence-corrected chi connectivity index (χ1v) is 8.18. The molecule has 0 aliphatic carbocycles. The number of aliphatic hydroxyl groups excluding tert-OH is 1. The van der Waals surface area contributed by atoms with E-state index in [-0.39, 0.29) is 25.0 Å². The summed E-state index contributed by atoms with van der Waals surface area (Å²) in [4.78, 5) is 16.2. The highest BCUT2D eigenvalue weighted by molar-refractivity contribution is 5.74. The molecule has 0 aromatic heterocycles. The summed E-state index contributed by atoms with van der Waals surface area (Å²) in [6.07, 6.45) is 3.34. The van der Waals surface area contributed by atoms with Gasteiger partial charge in [0.2, 0.25) is 0 Å². The number of benzene rings is 1. The van der Waals surface area contributed by atoms with Crippen LogP contribution >= 0.6 is 0 Å². The van der Waals surface area contributed by atoms with E-state index in [4.69, 9.17) is 5.11 Å². The fourth-order valence-corrected chi connectivity index (χ4v) is 2.98. The Hall–Kier alpha value is -1.66. The van der Waals surface area contributed by atoms with Crippen LogP contribution in [0.25, 0.3) is 0 Å². The van der Waals surface area contributed by atoms with Gasteiger partial charge in [-0.25, -0.2) is 9.18 Å². The number of hydrogen-bond donors (Lipinski definition) is 2. The Morgan fingerprint density at radius 3 is 2.78 bits per heavy atom. The van der Waals surface area contributed by atoms with Crippen molar-refractivity contribution in [3.8, 4) is 0 Å². The number of nitrogens with zero attached hydrogens (tertiary/aromatic N) is 2. The molecule has 1 aliphatic rings. The third-order valence-electron chi connectivity index (χ3n) is 4.37. The van der Waals surface area contributed by atoms with Gasteiger partial charge < -0.3 is 20.2 Å². The Kier molecular flexibility index (Phi) is 6.80. The van der Waals surface area contributed by atoms with Crippen LogP contribution in [0.2, 0.25) is 0 Å². The Morgan fingerprint density at radius 1 is 1.43 bits per heavy atom. The largest absolute Gasteiger partial charge is 0.395 e. The molecule has 0 unspecified atom stereocenters. The van der Waals surface area contributed by atoms with Crippen molar-refractivity contribution >= 4 is 6.03 Å². The smallest absolute Gasteiger partial charge is 0.317 e. The summed E-state index contributed by atoms with van der Waals surface area (Å²) < 4.78 is 12.9. The predicted molar refractivity (Wildman–Crippen MR) is 87.6 cm³/mol. The topological polar surface area (TPSA) is 55.8 Å². The Bertz CT molecular complexity index is 495. The Morgan fingerprint density at radius 2 is 2.17 bits per heavy atom. The van der Waals surface area contributed by atoms with Crippen LogP contribution in [0.1, 0.15) is 24.8 Å². The molecule has 5 nitrogen and oxygen atoms in total. The average molecular weight is 323 g/mol. The number of carbonyl (C=O) groups is 1. The number of rotatable bonds is 7. The standard InChI is InChI=1S/C17H26FN3O2/c1-20-10-2-3-16(20)8-9-19-17(23)21(11-12-22)13-14-4-6-15(18)7-5-14/h4-7,16,22H,2-3,8-13H2,1H3,(H,19,23)/t16-/m1/s1. The van der Waals surface area contributed by atoms with E-state index in [1.165, 1.54) is 25.0 Å². The summed E-state index contributed by atoms with van der Waals surface area (Å²) in [5.74, 6) is -0.299. The number of nitrogens with one attached hydrogen (secondary N) is 1. The number of amides is 2. The molecule has 1 heterocycles. The normalized spacial score (nSPS) is 18.1. The summed E-state index contributed by atoms with van der Waals surface area (Å²) in [5, 5.41) is 12.1. The minimum atomic E-state index is -0.299. The molecule has 2 N–H and O–H groups in total. The van der Waals surface area contributed by atoms with Gasteiger partial charge in [-0.05, 0) is 50.6 Å². The zero-order valence-corrected chi connectivity index (χ0v) is 13.7. The lowest BCUT2D eigenvalue weighted by molar-refractivity contribution is 0.173. The maximum Gasteiger partial charge on any atom is 0.317 e. The summed E-state index contributed by atoms with van der Waals surface area (Å²) in [6, 6.07) is 6.41. The second kappa shape index (κ2) is 8.84. The molecule has 1 aromatic rings. The molecule has 2 rings (SSSR count). The van der Waals surface area contributed by atoms with E-state index in [1.807, 2.05) is 0 Å². The van der Waals surface area contributed by atoms with Crippen LogP contribution in [0.4, 0.5) is 9.18 Å². The third kappa shape index (κ3) is 5.48. The Labute approximate surface area is 137 Å². The first-order chi connectivity index (χ1) is 11.1. The lowest BCUT2D eigenvalue weighted by Gasteiger charge is -2.24. The average Bonchev–Trinajstić information content (AvgIpc) is 2.94. The van der Waals surface area contributed by atoms with Gasteiger partial charge in [-0.3, -0.25) is 0 Å². The quantitative estimate of drug-likeness (QED) is 0.805. The van der Waals surface area contributed by atoms with Gasteiger partial charge in [0, 0.05) is 25.7 Å². The van der Waals surface area contributed by atoms with Crippen molar-refractivity contribution in [2.75, 3.05) is 33.3 Å². The summed E-state index contributed by atoms with van der Waals surface area (Å²) in [5.41, 5.74) is 0.838. The molecule has 0 bridgehead atoms. The van der Waals surface area contributed by atoms with Crippen LogP contribution in [0.3, 0.4) is 0 Å². The summed E-state index contributed by atoms with van der Waals surface area (Å²) >= 11 is 0. The molecule has 1 atom stereocenters. The molecule has 1 aliphatic heterocycles. The molecule has 1 aromatic carbocycles. The minimum absolute atomic E-state index is 0.0972. The van der Waals surface area contributed by atoms with Crippen LogP contribution in [-0.2, 0) is 6.54 Å². The van der Waals surface area contributed by atoms with Gasteiger partial charge >= 0.3 is 6.03 Å². The van der Waals surface area contributed by atoms with Crippen molar-refractivity contribution in [3.05, 3.63) is 35.6 Å².